The number of piperidine rings is 1. The fourth-order valence-corrected chi connectivity index (χ4v) is 2.27. The van der Waals surface area contributed by atoms with Gasteiger partial charge in [-0.2, -0.15) is 0 Å². The Morgan fingerprint density at radius 1 is 1.50 bits per heavy atom. The SMILES string of the molecule is CCCC(C)C(=O)N1CCCCC1C. The summed E-state index contributed by atoms with van der Waals surface area (Å²) in [6, 6.07) is 0.468. The van der Waals surface area contributed by atoms with Crippen LogP contribution in [0.25, 0.3) is 0 Å². The van der Waals surface area contributed by atoms with Crippen molar-refractivity contribution in [1.29, 1.82) is 0 Å². The molecule has 1 saturated heterocycles. The summed E-state index contributed by atoms with van der Waals surface area (Å²) in [5.41, 5.74) is 0. The molecule has 2 nitrogen and oxygen atoms in total. The third-order valence-electron chi connectivity index (χ3n) is 3.23. The van der Waals surface area contributed by atoms with Gasteiger partial charge in [0.2, 0.25) is 5.91 Å². The number of amides is 1. The molecule has 0 aromatic carbocycles. The zero-order valence-corrected chi connectivity index (χ0v) is 9.75. The Kier molecular flexibility index (Phi) is 4.43. The molecule has 0 radical (unpaired) electrons. The molecule has 1 fully saturated rings. The third-order valence-corrected chi connectivity index (χ3v) is 3.23. The average Bonchev–Trinajstić information content (AvgIpc) is 2.18. The van der Waals surface area contributed by atoms with Crippen LogP contribution in [0.2, 0.25) is 0 Å². The topological polar surface area (TPSA) is 20.3 Å². The summed E-state index contributed by atoms with van der Waals surface area (Å²) in [4.78, 5) is 14.1. The first-order valence-corrected chi connectivity index (χ1v) is 5.97. The second-order valence-electron chi connectivity index (χ2n) is 4.57. The van der Waals surface area contributed by atoms with Gasteiger partial charge in [-0.25, -0.2) is 0 Å². The molecular weight excluding hydrogens is 174 g/mol. The van der Waals surface area contributed by atoms with Crippen molar-refractivity contribution < 1.29 is 4.79 Å². The van der Waals surface area contributed by atoms with E-state index in [1.54, 1.807) is 0 Å². The lowest BCUT2D eigenvalue weighted by atomic mass is 9.99. The molecule has 0 aromatic rings. The molecule has 1 aliphatic heterocycles. The van der Waals surface area contributed by atoms with E-state index in [2.05, 4.69) is 25.7 Å². The fraction of sp³-hybridized carbons (Fsp3) is 0.917. The molecule has 0 aliphatic carbocycles. The van der Waals surface area contributed by atoms with Crippen molar-refractivity contribution in [2.75, 3.05) is 6.54 Å². The summed E-state index contributed by atoms with van der Waals surface area (Å²) >= 11 is 0. The summed E-state index contributed by atoms with van der Waals surface area (Å²) < 4.78 is 0. The van der Waals surface area contributed by atoms with E-state index in [4.69, 9.17) is 0 Å². The number of likely N-dealkylation sites (tertiary alicyclic amines) is 1. The van der Waals surface area contributed by atoms with Gasteiger partial charge in [-0.1, -0.05) is 20.3 Å². The highest BCUT2D eigenvalue weighted by molar-refractivity contribution is 5.78. The van der Waals surface area contributed by atoms with E-state index >= 15 is 0 Å². The predicted molar refractivity (Wildman–Crippen MR) is 59.1 cm³/mol. The molecular formula is C12H23NO. The molecule has 0 saturated carbocycles. The molecule has 1 rings (SSSR count). The molecule has 1 heterocycles. The van der Waals surface area contributed by atoms with E-state index in [1.165, 1.54) is 19.3 Å². The van der Waals surface area contributed by atoms with Gasteiger partial charge in [0.1, 0.15) is 0 Å². The maximum atomic E-state index is 12.0. The molecule has 1 amide bonds. The van der Waals surface area contributed by atoms with Crippen molar-refractivity contribution in [2.45, 2.75) is 58.9 Å². The molecule has 2 heteroatoms. The zero-order chi connectivity index (χ0) is 10.6. The molecule has 0 spiro atoms. The molecule has 0 bridgehead atoms. The summed E-state index contributed by atoms with van der Waals surface area (Å²) in [6.07, 6.45) is 5.80. The van der Waals surface area contributed by atoms with E-state index < -0.39 is 0 Å². The van der Waals surface area contributed by atoms with Gasteiger partial charge in [-0.15, -0.1) is 0 Å². The van der Waals surface area contributed by atoms with Crippen LogP contribution in [0.5, 0.6) is 0 Å². The summed E-state index contributed by atoms with van der Waals surface area (Å²) in [5.74, 6) is 0.597. The Balaban J connectivity index is 2.49. The summed E-state index contributed by atoms with van der Waals surface area (Å²) in [7, 11) is 0. The molecule has 0 N–H and O–H groups in total. The standard InChI is InChI=1S/C12H23NO/c1-4-7-10(2)12(14)13-9-6-5-8-11(13)3/h10-11H,4-9H2,1-3H3. The monoisotopic (exact) mass is 197 g/mol. The van der Waals surface area contributed by atoms with Crippen molar-refractivity contribution in [2.24, 2.45) is 5.92 Å². The van der Waals surface area contributed by atoms with E-state index in [0.29, 0.717) is 11.9 Å². The van der Waals surface area contributed by atoms with Crippen LogP contribution in [0.3, 0.4) is 0 Å². The number of hydrogen-bond donors (Lipinski definition) is 0. The smallest absolute Gasteiger partial charge is 0.225 e. The van der Waals surface area contributed by atoms with E-state index in [9.17, 15) is 4.79 Å². The van der Waals surface area contributed by atoms with Gasteiger partial charge in [0.25, 0.3) is 0 Å². The molecule has 82 valence electrons. The van der Waals surface area contributed by atoms with Crippen LogP contribution in [0, 0.1) is 5.92 Å². The van der Waals surface area contributed by atoms with Gasteiger partial charge in [0.05, 0.1) is 0 Å². The lowest BCUT2D eigenvalue weighted by Crippen LogP contribution is -2.44. The van der Waals surface area contributed by atoms with Crippen molar-refractivity contribution in [3.63, 3.8) is 0 Å². The Morgan fingerprint density at radius 3 is 2.79 bits per heavy atom. The molecule has 2 unspecified atom stereocenters. The van der Waals surface area contributed by atoms with Gasteiger partial charge < -0.3 is 4.90 Å². The van der Waals surface area contributed by atoms with Crippen LogP contribution in [0.1, 0.15) is 52.9 Å². The largest absolute Gasteiger partial charge is 0.340 e. The van der Waals surface area contributed by atoms with Crippen LogP contribution in [0.15, 0.2) is 0 Å². The van der Waals surface area contributed by atoms with Crippen LogP contribution in [-0.4, -0.2) is 23.4 Å². The van der Waals surface area contributed by atoms with Gasteiger partial charge in [-0.05, 0) is 32.6 Å². The maximum absolute atomic E-state index is 12.0. The Morgan fingerprint density at radius 2 is 2.21 bits per heavy atom. The highest BCUT2D eigenvalue weighted by atomic mass is 16.2. The second kappa shape index (κ2) is 5.38. The van der Waals surface area contributed by atoms with Crippen molar-refractivity contribution in [3.8, 4) is 0 Å². The highest BCUT2D eigenvalue weighted by Gasteiger charge is 2.26. The number of rotatable bonds is 3. The van der Waals surface area contributed by atoms with Crippen LogP contribution < -0.4 is 0 Å². The van der Waals surface area contributed by atoms with Crippen LogP contribution in [0.4, 0.5) is 0 Å². The minimum Gasteiger partial charge on any atom is -0.340 e. The average molecular weight is 197 g/mol. The quantitative estimate of drug-likeness (QED) is 0.681. The van der Waals surface area contributed by atoms with Crippen LogP contribution in [-0.2, 0) is 4.79 Å². The lowest BCUT2D eigenvalue weighted by molar-refractivity contribution is -0.138. The first-order valence-electron chi connectivity index (χ1n) is 5.97. The predicted octanol–water partition coefficient (Wildman–Crippen LogP) is 2.82. The number of carbonyl (C=O) groups is 1. The lowest BCUT2D eigenvalue weighted by Gasteiger charge is -2.35. The van der Waals surface area contributed by atoms with Gasteiger partial charge in [0.15, 0.2) is 0 Å². The maximum Gasteiger partial charge on any atom is 0.225 e. The van der Waals surface area contributed by atoms with E-state index in [1.807, 2.05) is 0 Å². The normalized spacial score (nSPS) is 24.8. The molecule has 2 atom stereocenters. The number of nitrogens with zero attached hydrogens (tertiary/aromatic N) is 1. The minimum atomic E-state index is 0.223. The van der Waals surface area contributed by atoms with Crippen molar-refractivity contribution in [1.82, 2.24) is 4.90 Å². The van der Waals surface area contributed by atoms with Gasteiger partial charge >= 0.3 is 0 Å². The van der Waals surface area contributed by atoms with E-state index in [-0.39, 0.29) is 5.92 Å². The second-order valence-corrected chi connectivity index (χ2v) is 4.57. The zero-order valence-electron chi connectivity index (χ0n) is 9.75. The third kappa shape index (κ3) is 2.73. The fourth-order valence-electron chi connectivity index (χ4n) is 2.27. The first-order chi connectivity index (χ1) is 6.66. The highest BCUT2D eigenvalue weighted by Crippen LogP contribution is 2.20. The van der Waals surface area contributed by atoms with Gasteiger partial charge in [-0.3, -0.25) is 4.79 Å². The van der Waals surface area contributed by atoms with E-state index in [0.717, 1.165) is 19.4 Å². The summed E-state index contributed by atoms with van der Waals surface area (Å²) in [6.45, 7) is 7.36. The Bertz CT molecular complexity index is 191. The van der Waals surface area contributed by atoms with Crippen LogP contribution >= 0.6 is 0 Å². The molecule has 1 aliphatic rings. The van der Waals surface area contributed by atoms with Crippen molar-refractivity contribution in [3.05, 3.63) is 0 Å². The summed E-state index contributed by atoms with van der Waals surface area (Å²) in [5, 5.41) is 0. The Hall–Kier alpha value is -0.530. The molecule has 14 heavy (non-hydrogen) atoms. The minimum absolute atomic E-state index is 0.223. The number of carbonyl (C=O) groups excluding carboxylic acids is 1. The van der Waals surface area contributed by atoms with Gasteiger partial charge in [0, 0.05) is 18.5 Å². The number of hydrogen-bond acceptors (Lipinski definition) is 1. The molecule has 0 aromatic heterocycles. The van der Waals surface area contributed by atoms with Crippen molar-refractivity contribution >= 4 is 5.91 Å². The Labute approximate surface area is 87.7 Å². The first kappa shape index (κ1) is 11.5.